The topological polar surface area (TPSA) is 29.1 Å². The largest absolute Gasteiger partial charge is 0.351 e. The third-order valence-corrected chi connectivity index (χ3v) is 6.77. The van der Waals surface area contributed by atoms with Gasteiger partial charge in [0, 0.05) is 11.0 Å². The molecule has 1 N–H and O–H groups in total. The van der Waals surface area contributed by atoms with Gasteiger partial charge in [0.25, 0.3) is 5.91 Å². The van der Waals surface area contributed by atoms with E-state index >= 15 is 0 Å². The van der Waals surface area contributed by atoms with Gasteiger partial charge in [-0.05, 0) is 79.9 Å². The van der Waals surface area contributed by atoms with Crippen molar-refractivity contribution in [2.45, 2.75) is 38.5 Å². The van der Waals surface area contributed by atoms with Crippen molar-refractivity contribution in [1.29, 1.82) is 0 Å². The van der Waals surface area contributed by atoms with Gasteiger partial charge in [0.1, 0.15) is 0 Å². The minimum absolute atomic E-state index is 0.0340. The number of carbonyl (C=O) groups excluding carboxylic acids is 1. The predicted octanol–water partition coefficient (Wildman–Crippen LogP) is 5.05. The van der Waals surface area contributed by atoms with Crippen LogP contribution in [0.15, 0.2) is 22.7 Å². The second kappa shape index (κ2) is 5.52. The lowest BCUT2D eigenvalue weighted by Crippen LogP contribution is -2.51. The Morgan fingerprint density at radius 1 is 1.18 bits per heavy atom. The number of benzene rings is 1. The van der Waals surface area contributed by atoms with E-state index in [2.05, 4.69) is 21.2 Å². The molecule has 0 heterocycles. The molecule has 0 aromatic heterocycles. The quantitative estimate of drug-likeness (QED) is 0.779. The molecule has 0 aliphatic heterocycles. The van der Waals surface area contributed by atoms with Crippen molar-refractivity contribution in [3.8, 4) is 0 Å². The summed E-state index contributed by atoms with van der Waals surface area (Å²) in [5.74, 6) is 2.71. The van der Waals surface area contributed by atoms with Crippen LogP contribution in [0.4, 0.5) is 0 Å². The Kier molecular flexibility index (Phi) is 3.77. The van der Waals surface area contributed by atoms with E-state index in [1.807, 2.05) is 6.07 Å². The van der Waals surface area contributed by atoms with E-state index in [4.69, 9.17) is 11.6 Å². The highest BCUT2D eigenvalue weighted by Gasteiger charge is 2.50. The maximum Gasteiger partial charge on any atom is 0.252 e. The molecule has 0 spiro atoms. The molecule has 4 bridgehead atoms. The lowest BCUT2D eigenvalue weighted by Gasteiger charge is -2.56. The van der Waals surface area contributed by atoms with Gasteiger partial charge in [-0.3, -0.25) is 4.79 Å². The molecular formula is C18H21BrClNO. The molecule has 5 rings (SSSR count). The highest BCUT2D eigenvalue weighted by atomic mass is 79.9. The van der Waals surface area contributed by atoms with Crippen LogP contribution in [0.5, 0.6) is 0 Å². The van der Waals surface area contributed by atoms with Crippen molar-refractivity contribution in [3.63, 3.8) is 0 Å². The van der Waals surface area contributed by atoms with Gasteiger partial charge in [0.05, 0.1) is 10.6 Å². The second-order valence-electron chi connectivity index (χ2n) is 7.72. The summed E-state index contributed by atoms with van der Waals surface area (Å²) in [4.78, 5) is 12.5. The zero-order chi connectivity index (χ0) is 15.3. The van der Waals surface area contributed by atoms with Gasteiger partial charge in [-0.2, -0.15) is 0 Å². The molecule has 1 aromatic carbocycles. The van der Waals surface area contributed by atoms with Crippen LogP contribution in [-0.4, -0.2) is 12.5 Å². The summed E-state index contributed by atoms with van der Waals surface area (Å²) < 4.78 is 0.898. The first-order valence-electron chi connectivity index (χ1n) is 8.26. The number of hydrogen-bond donors (Lipinski definition) is 1. The minimum atomic E-state index is -0.0340. The normalized spacial score (nSPS) is 35.6. The van der Waals surface area contributed by atoms with Crippen molar-refractivity contribution >= 4 is 33.4 Å². The van der Waals surface area contributed by atoms with E-state index in [-0.39, 0.29) is 5.91 Å². The molecule has 4 heteroatoms. The van der Waals surface area contributed by atoms with Crippen LogP contribution in [0.3, 0.4) is 0 Å². The van der Waals surface area contributed by atoms with Gasteiger partial charge in [-0.15, -0.1) is 0 Å². The first-order valence-corrected chi connectivity index (χ1v) is 9.43. The molecule has 1 aromatic rings. The van der Waals surface area contributed by atoms with Gasteiger partial charge in [0.2, 0.25) is 0 Å². The van der Waals surface area contributed by atoms with Crippen LogP contribution < -0.4 is 5.32 Å². The lowest BCUT2D eigenvalue weighted by atomic mass is 9.49. The second-order valence-corrected chi connectivity index (χ2v) is 9.05. The van der Waals surface area contributed by atoms with E-state index < -0.39 is 0 Å². The summed E-state index contributed by atoms with van der Waals surface area (Å²) >= 11 is 9.56. The van der Waals surface area contributed by atoms with Gasteiger partial charge in [-0.25, -0.2) is 0 Å². The van der Waals surface area contributed by atoms with Crippen LogP contribution >= 0.6 is 27.5 Å². The standard InChI is InChI=1S/C18H21BrClNO/c19-14-1-2-15(16(20)6-14)17(22)21-10-18-7-11-3-12(8-18)5-13(4-11)9-18/h1-2,6,11-13H,3-5,7-10H2,(H,21,22). The number of hydrogen-bond acceptors (Lipinski definition) is 1. The predicted molar refractivity (Wildman–Crippen MR) is 92.1 cm³/mol. The maximum atomic E-state index is 12.5. The maximum absolute atomic E-state index is 12.5. The van der Waals surface area contributed by atoms with E-state index in [0.717, 1.165) is 28.8 Å². The van der Waals surface area contributed by atoms with E-state index in [1.54, 1.807) is 12.1 Å². The molecule has 22 heavy (non-hydrogen) atoms. The third-order valence-electron chi connectivity index (χ3n) is 5.96. The zero-order valence-corrected chi connectivity index (χ0v) is 14.9. The summed E-state index contributed by atoms with van der Waals surface area (Å²) in [6.07, 6.45) is 8.25. The third kappa shape index (κ3) is 2.71. The molecule has 0 saturated heterocycles. The van der Waals surface area contributed by atoms with E-state index in [0.29, 0.717) is 16.0 Å². The number of nitrogens with one attached hydrogen (secondary N) is 1. The molecule has 4 fully saturated rings. The Morgan fingerprint density at radius 3 is 2.32 bits per heavy atom. The van der Waals surface area contributed by atoms with Crippen molar-refractivity contribution in [1.82, 2.24) is 5.32 Å². The molecule has 0 radical (unpaired) electrons. The van der Waals surface area contributed by atoms with Gasteiger partial charge >= 0.3 is 0 Å². The molecule has 1 amide bonds. The molecule has 4 aliphatic carbocycles. The average molecular weight is 383 g/mol. The fourth-order valence-electron chi connectivity index (χ4n) is 5.54. The van der Waals surface area contributed by atoms with Crippen molar-refractivity contribution in [2.75, 3.05) is 6.54 Å². The van der Waals surface area contributed by atoms with Crippen molar-refractivity contribution in [2.24, 2.45) is 23.2 Å². The van der Waals surface area contributed by atoms with Crippen LogP contribution in [0.2, 0.25) is 5.02 Å². The molecular weight excluding hydrogens is 362 g/mol. The molecule has 118 valence electrons. The van der Waals surface area contributed by atoms with Crippen LogP contribution in [0.1, 0.15) is 48.9 Å². The van der Waals surface area contributed by atoms with Crippen molar-refractivity contribution < 1.29 is 4.79 Å². The van der Waals surface area contributed by atoms with E-state index in [9.17, 15) is 4.79 Å². The van der Waals surface area contributed by atoms with Gasteiger partial charge in [-0.1, -0.05) is 27.5 Å². The molecule has 4 aliphatic rings. The zero-order valence-electron chi connectivity index (χ0n) is 12.6. The molecule has 0 atom stereocenters. The van der Waals surface area contributed by atoms with E-state index in [1.165, 1.54) is 38.5 Å². The fraction of sp³-hybridized carbons (Fsp3) is 0.611. The van der Waals surface area contributed by atoms with Gasteiger partial charge in [0.15, 0.2) is 0 Å². The fourth-order valence-corrected chi connectivity index (χ4v) is 6.30. The Bertz CT molecular complexity index is 580. The first-order chi connectivity index (χ1) is 10.5. The van der Waals surface area contributed by atoms with Gasteiger partial charge < -0.3 is 5.32 Å². The number of amides is 1. The monoisotopic (exact) mass is 381 g/mol. The molecule has 2 nitrogen and oxygen atoms in total. The summed E-state index contributed by atoms with van der Waals surface area (Å²) in [6.45, 7) is 0.821. The summed E-state index contributed by atoms with van der Waals surface area (Å²) in [5, 5.41) is 3.69. The van der Waals surface area contributed by atoms with Crippen LogP contribution in [0, 0.1) is 23.2 Å². The number of halogens is 2. The SMILES string of the molecule is O=C(NCC12CC3CC(CC(C3)C1)C2)c1ccc(Br)cc1Cl. The molecule has 0 unspecified atom stereocenters. The number of carbonyl (C=O) groups is 1. The highest BCUT2D eigenvalue weighted by Crippen LogP contribution is 2.59. The Labute approximate surface area is 145 Å². The Morgan fingerprint density at radius 2 is 1.77 bits per heavy atom. The lowest BCUT2D eigenvalue weighted by molar-refractivity contribution is -0.0503. The summed E-state index contributed by atoms with van der Waals surface area (Å²) in [7, 11) is 0. The highest BCUT2D eigenvalue weighted by molar-refractivity contribution is 9.10. The van der Waals surface area contributed by atoms with Crippen molar-refractivity contribution in [3.05, 3.63) is 33.3 Å². The smallest absolute Gasteiger partial charge is 0.252 e. The Hall–Kier alpha value is -0.540. The summed E-state index contributed by atoms with van der Waals surface area (Å²) in [5.41, 5.74) is 0.946. The number of rotatable bonds is 3. The van der Waals surface area contributed by atoms with Crippen LogP contribution in [-0.2, 0) is 0 Å². The minimum Gasteiger partial charge on any atom is -0.351 e. The summed E-state index contributed by atoms with van der Waals surface area (Å²) in [6, 6.07) is 5.44. The Balaban J connectivity index is 1.45. The molecule has 4 saturated carbocycles. The average Bonchev–Trinajstić information content (AvgIpc) is 2.43. The first kappa shape index (κ1) is 15.0. The van der Waals surface area contributed by atoms with Crippen LogP contribution in [0.25, 0.3) is 0 Å².